The zero-order valence-corrected chi connectivity index (χ0v) is 5.40. The Morgan fingerprint density at radius 1 is 1.50 bits per heavy atom. The van der Waals surface area contributed by atoms with Crippen LogP contribution in [0.5, 0.6) is 0 Å². The molecule has 0 heterocycles. The van der Waals surface area contributed by atoms with Crippen LogP contribution < -0.4 is 0 Å². The second-order valence-electron chi connectivity index (χ2n) is 1.66. The minimum atomic E-state index is -1.26. The van der Waals surface area contributed by atoms with Gasteiger partial charge in [-0.2, -0.15) is 0 Å². The Labute approximate surface area is 57.2 Å². The van der Waals surface area contributed by atoms with Gasteiger partial charge in [-0.05, 0) is 0 Å². The molecular formula is C5H8O5. The zero-order chi connectivity index (χ0) is 8.15. The lowest BCUT2D eigenvalue weighted by Gasteiger charge is -2.05. The van der Waals surface area contributed by atoms with Crippen molar-refractivity contribution in [1.82, 2.24) is 0 Å². The van der Waals surface area contributed by atoms with Crippen LogP contribution in [-0.4, -0.2) is 35.4 Å². The van der Waals surface area contributed by atoms with Crippen molar-refractivity contribution in [2.24, 2.45) is 0 Å². The Morgan fingerprint density at radius 2 is 2.00 bits per heavy atom. The van der Waals surface area contributed by atoms with Crippen LogP contribution in [0.4, 0.5) is 0 Å². The predicted octanol–water partition coefficient (Wildman–Crippen LogP) is -0.439. The third kappa shape index (κ3) is 3.03. The van der Waals surface area contributed by atoms with Gasteiger partial charge < -0.3 is 14.9 Å². The Balaban J connectivity index is 3.83. The number of carboxylic acid groups (broad SMARTS) is 2. The molecule has 0 rings (SSSR count). The fourth-order valence-electron chi connectivity index (χ4n) is 0.430. The fraction of sp³-hybridized carbons (Fsp3) is 0.600. The van der Waals surface area contributed by atoms with E-state index >= 15 is 0 Å². The SMILES string of the molecule is COC(CC(=O)O)C(=O)O. The monoisotopic (exact) mass is 148 g/mol. The molecule has 0 bridgehead atoms. The van der Waals surface area contributed by atoms with E-state index in [4.69, 9.17) is 10.2 Å². The smallest absolute Gasteiger partial charge is 0.333 e. The first-order valence-corrected chi connectivity index (χ1v) is 2.55. The number of ether oxygens (including phenoxy) is 1. The van der Waals surface area contributed by atoms with Crippen molar-refractivity contribution in [3.05, 3.63) is 0 Å². The summed E-state index contributed by atoms with van der Waals surface area (Å²) in [5, 5.41) is 16.4. The van der Waals surface area contributed by atoms with Crippen LogP contribution in [0.15, 0.2) is 0 Å². The lowest BCUT2D eigenvalue weighted by Crippen LogP contribution is -2.25. The van der Waals surface area contributed by atoms with Gasteiger partial charge in [0.25, 0.3) is 0 Å². The van der Waals surface area contributed by atoms with Gasteiger partial charge in [-0.3, -0.25) is 4.79 Å². The molecule has 10 heavy (non-hydrogen) atoms. The lowest BCUT2D eigenvalue weighted by atomic mass is 10.2. The normalized spacial score (nSPS) is 12.5. The van der Waals surface area contributed by atoms with E-state index in [2.05, 4.69) is 4.74 Å². The first-order valence-electron chi connectivity index (χ1n) is 2.55. The minimum Gasteiger partial charge on any atom is -0.481 e. The number of rotatable bonds is 4. The van der Waals surface area contributed by atoms with Gasteiger partial charge in [-0.15, -0.1) is 0 Å². The quantitative estimate of drug-likeness (QED) is 0.564. The highest BCUT2D eigenvalue weighted by Gasteiger charge is 2.19. The molecule has 0 radical (unpaired) electrons. The van der Waals surface area contributed by atoms with Crippen LogP contribution in [0.3, 0.4) is 0 Å². The van der Waals surface area contributed by atoms with Gasteiger partial charge in [-0.25, -0.2) is 4.79 Å². The Hall–Kier alpha value is -1.10. The van der Waals surface area contributed by atoms with Gasteiger partial charge in [0.15, 0.2) is 6.10 Å². The number of carboxylic acids is 2. The molecular weight excluding hydrogens is 140 g/mol. The summed E-state index contributed by atoms with van der Waals surface area (Å²) in [5.74, 6) is -2.45. The molecule has 1 atom stereocenters. The third-order valence-electron chi connectivity index (χ3n) is 0.920. The molecule has 0 spiro atoms. The van der Waals surface area contributed by atoms with E-state index in [1.165, 1.54) is 0 Å². The van der Waals surface area contributed by atoms with Crippen molar-refractivity contribution in [3.63, 3.8) is 0 Å². The van der Waals surface area contributed by atoms with E-state index in [9.17, 15) is 9.59 Å². The second kappa shape index (κ2) is 3.84. The summed E-state index contributed by atoms with van der Waals surface area (Å²) >= 11 is 0. The topological polar surface area (TPSA) is 83.8 Å². The molecule has 0 saturated heterocycles. The molecule has 5 nitrogen and oxygen atoms in total. The summed E-state index contributed by atoms with van der Waals surface area (Å²) in [4.78, 5) is 20.0. The number of carbonyl (C=O) groups is 2. The molecule has 0 aliphatic rings. The Morgan fingerprint density at radius 3 is 2.10 bits per heavy atom. The summed E-state index contributed by atoms with van der Waals surface area (Å²) in [6.07, 6.45) is -1.75. The Bertz CT molecular complexity index is 141. The van der Waals surface area contributed by atoms with E-state index < -0.39 is 24.5 Å². The highest BCUT2D eigenvalue weighted by molar-refractivity contribution is 5.79. The van der Waals surface area contributed by atoms with Crippen molar-refractivity contribution >= 4 is 11.9 Å². The summed E-state index contributed by atoms with van der Waals surface area (Å²) in [6.45, 7) is 0. The average molecular weight is 148 g/mol. The van der Waals surface area contributed by atoms with E-state index in [1.807, 2.05) is 0 Å². The third-order valence-corrected chi connectivity index (χ3v) is 0.920. The standard InChI is InChI=1S/C5H8O5/c1-10-3(5(8)9)2-4(6)7/h3H,2H2,1H3,(H,6,7)(H,8,9). The van der Waals surface area contributed by atoms with Crippen molar-refractivity contribution in [2.45, 2.75) is 12.5 Å². The van der Waals surface area contributed by atoms with Gasteiger partial charge in [-0.1, -0.05) is 0 Å². The number of hydrogen-bond acceptors (Lipinski definition) is 3. The number of hydrogen-bond donors (Lipinski definition) is 2. The first kappa shape index (κ1) is 8.90. The van der Waals surface area contributed by atoms with Crippen LogP contribution in [0.25, 0.3) is 0 Å². The first-order chi connectivity index (χ1) is 4.57. The maximum Gasteiger partial charge on any atom is 0.333 e. The van der Waals surface area contributed by atoms with Gasteiger partial charge >= 0.3 is 11.9 Å². The molecule has 0 amide bonds. The average Bonchev–Trinajstić information content (AvgIpc) is 1.81. The van der Waals surface area contributed by atoms with Crippen LogP contribution in [0, 0.1) is 0 Å². The molecule has 0 aromatic carbocycles. The van der Waals surface area contributed by atoms with Crippen LogP contribution in [0.1, 0.15) is 6.42 Å². The van der Waals surface area contributed by atoms with E-state index in [1.54, 1.807) is 0 Å². The predicted molar refractivity (Wildman–Crippen MR) is 30.7 cm³/mol. The zero-order valence-electron chi connectivity index (χ0n) is 5.40. The maximum atomic E-state index is 10.1. The largest absolute Gasteiger partial charge is 0.481 e. The summed E-state index contributed by atoms with van der Waals surface area (Å²) < 4.78 is 4.34. The molecule has 1 unspecified atom stereocenters. The second-order valence-corrected chi connectivity index (χ2v) is 1.66. The van der Waals surface area contributed by atoms with Crippen molar-refractivity contribution in [1.29, 1.82) is 0 Å². The summed E-state index contributed by atoms with van der Waals surface area (Å²) in [6, 6.07) is 0. The molecule has 0 aliphatic carbocycles. The highest BCUT2D eigenvalue weighted by atomic mass is 16.5. The van der Waals surface area contributed by atoms with Crippen LogP contribution in [0.2, 0.25) is 0 Å². The fourth-order valence-corrected chi connectivity index (χ4v) is 0.430. The molecule has 0 aromatic heterocycles. The molecule has 0 aliphatic heterocycles. The van der Waals surface area contributed by atoms with Crippen LogP contribution >= 0.6 is 0 Å². The molecule has 0 aromatic rings. The van der Waals surface area contributed by atoms with Gasteiger partial charge in [0, 0.05) is 7.11 Å². The van der Waals surface area contributed by atoms with Gasteiger partial charge in [0.05, 0.1) is 6.42 Å². The highest BCUT2D eigenvalue weighted by Crippen LogP contribution is 1.95. The molecule has 5 heteroatoms. The molecule has 0 fully saturated rings. The number of methoxy groups -OCH3 is 1. The van der Waals surface area contributed by atoms with E-state index in [-0.39, 0.29) is 0 Å². The van der Waals surface area contributed by atoms with E-state index in [0.29, 0.717) is 0 Å². The summed E-state index contributed by atoms with van der Waals surface area (Å²) in [5.41, 5.74) is 0. The van der Waals surface area contributed by atoms with Crippen molar-refractivity contribution in [3.8, 4) is 0 Å². The molecule has 58 valence electrons. The number of aliphatic carboxylic acids is 2. The van der Waals surface area contributed by atoms with Crippen LogP contribution in [-0.2, 0) is 14.3 Å². The van der Waals surface area contributed by atoms with Gasteiger partial charge in [0.1, 0.15) is 0 Å². The minimum absolute atomic E-state index is 0.508. The van der Waals surface area contributed by atoms with Crippen molar-refractivity contribution in [2.75, 3.05) is 7.11 Å². The molecule has 2 N–H and O–H groups in total. The summed E-state index contributed by atoms with van der Waals surface area (Å²) in [7, 11) is 1.15. The van der Waals surface area contributed by atoms with E-state index in [0.717, 1.165) is 7.11 Å². The lowest BCUT2D eigenvalue weighted by molar-refractivity contribution is -0.154. The maximum absolute atomic E-state index is 10.1. The molecule has 0 saturated carbocycles. The van der Waals surface area contributed by atoms with Crippen molar-refractivity contribution < 1.29 is 24.5 Å². The Kier molecular flexibility index (Phi) is 3.42. The van der Waals surface area contributed by atoms with Gasteiger partial charge in [0.2, 0.25) is 0 Å².